The Labute approximate surface area is 194 Å². The molecule has 0 bridgehead atoms. The van der Waals surface area contributed by atoms with E-state index in [1.54, 1.807) is 25.5 Å². The van der Waals surface area contributed by atoms with Crippen molar-refractivity contribution in [2.24, 2.45) is 10.9 Å². The molecule has 0 fully saturated rings. The fourth-order valence-electron chi connectivity index (χ4n) is 2.45. The van der Waals surface area contributed by atoms with Gasteiger partial charge < -0.3 is 15.4 Å². The van der Waals surface area contributed by atoms with Gasteiger partial charge in [-0.25, -0.2) is 4.98 Å². The Kier molecular flexibility index (Phi) is 11.9. The molecule has 28 heavy (non-hydrogen) atoms. The molecule has 0 saturated carbocycles. The number of rotatable bonds is 9. The summed E-state index contributed by atoms with van der Waals surface area (Å²) in [6.07, 6.45) is 0.916. The highest BCUT2D eigenvalue weighted by Crippen LogP contribution is 2.29. The van der Waals surface area contributed by atoms with Crippen molar-refractivity contribution in [3.8, 4) is 5.75 Å². The van der Waals surface area contributed by atoms with Crippen LogP contribution in [0, 0.1) is 19.8 Å². The first-order chi connectivity index (χ1) is 13.0. The van der Waals surface area contributed by atoms with Gasteiger partial charge >= 0.3 is 0 Å². The van der Waals surface area contributed by atoms with Gasteiger partial charge in [-0.15, -0.1) is 47.1 Å². The normalized spacial score (nSPS) is 12.2. The fraction of sp³-hybridized carbons (Fsp3) is 0.500. The zero-order valence-electron chi connectivity index (χ0n) is 17.2. The van der Waals surface area contributed by atoms with Crippen LogP contribution in [0.2, 0.25) is 0 Å². The van der Waals surface area contributed by atoms with E-state index in [9.17, 15) is 0 Å². The minimum Gasteiger partial charge on any atom is -0.496 e. The number of methoxy groups -OCH3 is 1. The maximum absolute atomic E-state index is 5.41. The maximum Gasteiger partial charge on any atom is 0.190 e. The van der Waals surface area contributed by atoms with Crippen molar-refractivity contribution < 1.29 is 4.74 Å². The van der Waals surface area contributed by atoms with E-state index in [1.807, 2.05) is 30.0 Å². The van der Waals surface area contributed by atoms with Crippen LogP contribution in [0.5, 0.6) is 5.75 Å². The van der Waals surface area contributed by atoms with Gasteiger partial charge in [0.15, 0.2) is 5.96 Å². The molecule has 0 aliphatic heterocycles. The van der Waals surface area contributed by atoms with E-state index >= 15 is 0 Å². The second-order valence-electron chi connectivity index (χ2n) is 6.45. The average molecular weight is 535 g/mol. The molecular weight excluding hydrogens is 503 g/mol. The van der Waals surface area contributed by atoms with Crippen LogP contribution in [0.15, 0.2) is 34.2 Å². The number of guanidine groups is 1. The van der Waals surface area contributed by atoms with E-state index in [4.69, 9.17) is 4.74 Å². The summed E-state index contributed by atoms with van der Waals surface area (Å²) in [4.78, 5) is 11.4. The number of thioether (sulfide) groups is 1. The van der Waals surface area contributed by atoms with Gasteiger partial charge in [-0.05, 0) is 31.9 Å². The van der Waals surface area contributed by atoms with Crippen molar-refractivity contribution in [3.63, 3.8) is 0 Å². The van der Waals surface area contributed by atoms with Crippen LogP contribution in [-0.2, 0) is 6.42 Å². The molecule has 1 unspecified atom stereocenters. The van der Waals surface area contributed by atoms with E-state index < -0.39 is 0 Å². The largest absolute Gasteiger partial charge is 0.496 e. The van der Waals surface area contributed by atoms with Crippen LogP contribution in [0.1, 0.15) is 22.5 Å². The third-order valence-electron chi connectivity index (χ3n) is 4.14. The first-order valence-corrected chi connectivity index (χ1v) is 11.0. The molecule has 1 atom stereocenters. The number of hydrogen-bond acceptors (Lipinski definition) is 5. The molecule has 156 valence electrons. The van der Waals surface area contributed by atoms with Gasteiger partial charge in [0.1, 0.15) is 5.75 Å². The molecule has 8 heteroatoms. The molecule has 0 amide bonds. The highest BCUT2D eigenvalue weighted by molar-refractivity contribution is 14.0. The van der Waals surface area contributed by atoms with Gasteiger partial charge in [0.2, 0.25) is 0 Å². The number of thiazole rings is 1. The molecule has 1 aromatic carbocycles. The number of aliphatic imine (C=N–C) groups is 1. The minimum atomic E-state index is 0. The van der Waals surface area contributed by atoms with Gasteiger partial charge in [0, 0.05) is 42.1 Å². The quantitative estimate of drug-likeness (QED) is 0.215. The number of nitrogens with zero attached hydrogens (tertiary/aromatic N) is 2. The van der Waals surface area contributed by atoms with E-state index in [-0.39, 0.29) is 24.0 Å². The Balaban J connectivity index is 0.00000392. The van der Waals surface area contributed by atoms with Gasteiger partial charge in [-0.1, -0.05) is 19.1 Å². The fourth-order valence-corrected chi connectivity index (χ4v) is 4.44. The van der Waals surface area contributed by atoms with Crippen molar-refractivity contribution in [3.05, 3.63) is 39.8 Å². The number of para-hydroxylation sites is 1. The summed E-state index contributed by atoms with van der Waals surface area (Å²) >= 11 is 3.60. The smallest absolute Gasteiger partial charge is 0.190 e. The van der Waals surface area contributed by atoms with Gasteiger partial charge in [-0.3, -0.25) is 4.99 Å². The molecule has 2 rings (SSSR count). The molecular formula is C20H31IN4OS2. The highest BCUT2D eigenvalue weighted by atomic mass is 127. The average Bonchev–Trinajstić information content (AvgIpc) is 3.00. The topological polar surface area (TPSA) is 58.5 Å². The number of ether oxygens (including phenoxy) is 1. The van der Waals surface area contributed by atoms with E-state index in [1.165, 1.54) is 14.8 Å². The molecule has 0 spiro atoms. The summed E-state index contributed by atoms with van der Waals surface area (Å²) < 4.78 is 5.41. The van der Waals surface area contributed by atoms with Crippen molar-refractivity contribution in [2.75, 3.05) is 33.0 Å². The van der Waals surface area contributed by atoms with Crippen molar-refractivity contribution in [1.29, 1.82) is 0 Å². The Hall–Kier alpha value is -1.000. The number of aryl methyl sites for hydroxylation is 2. The van der Waals surface area contributed by atoms with E-state index in [0.717, 1.165) is 42.7 Å². The Morgan fingerprint density at radius 2 is 2.04 bits per heavy atom. The van der Waals surface area contributed by atoms with Gasteiger partial charge in [0.05, 0.1) is 17.8 Å². The third kappa shape index (κ3) is 8.16. The predicted octanol–water partition coefficient (Wildman–Crippen LogP) is 4.52. The van der Waals surface area contributed by atoms with Gasteiger partial charge in [-0.2, -0.15) is 0 Å². The molecule has 0 saturated heterocycles. The summed E-state index contributed by atoms with van der Waals surface area (Å²) in [5.74, 6) is 3.30. The lowest BCUT2D eigenvalue weighted by Crippen LogP contribution is -2.40. The van der Waals surface area contributed by atoms with Crippen LogP contribution in [-0.4, -0.2) is 43.9 Å². The standard InChI is InChI=1S/C20H30N4OS2.HI/c1-14(13-26-18-9-7-6-8-17(18)25-5)12-23-20(21-4)22-11-10-19-24-15(2)16(3)27-19;/h6-9,14H,10-13H2,1-5H3,(H2,21,22,23);1H. The summed E-state index contributed by atoms with van der Waals surface area (Å²) in [5, 5.41) is 7.96. The number of hydrogen-bond donors (Lipinski definition) is 2. The molecule has 2 aromatic rings. The Bertz CT molecular complexity index is 732. The molecule has 0 radical (unpaired) electrons. The number of benzene rings is 1. The van der Waals surface area contributed by atoms with E-state index in [0.29, 0.717) is 5.92 Å². The van der Waals surface area contributed by atoms with Crippen LogP contribution >= 0.6 is 47.1 Å². The zero-order valence-corrected chi connectivity index (χ0v) is 21.2. The molecule has 0 aliphatic rings. The summed E-state index contributed by atoms with van der Waals surface area (Å²) in [6, 6.07) is 8.15. The van der Waals surface area contributed by atoms with Crippen LogP contribution < -0.4 is 15.4 Å². The SMILES string of the molecule is CN=C(NCCc1nc(C)c(C)s1)NCC(C)CSc1ccccc1OC.I. The summed E-state index contributed by atoms with van der Waals surface area (Å²) in [7, 11) is 3.52. The second-order valence-corrected chi connectivity index (χ2v) is 8.80. The lowest BCUT2D eigenvalue weighted by atomic mass is 10.2. The number of halogens is 1. The molecule has 5 nitrogen and oxygen atoms in total. The molecule has 0 aliphatic carbocycles. The van der Waals surface area contributed by atoms with Crippen molar-refractivity contribution in [2.45, 2.75) is 32.1 Å². The summed E-state index contributed by atoms with van der Waals surface area (Å²) in [5.41, 5.74) is 1.14. The first-order valence-electron chi connectivity index (χ1n) is 9.16. The minimum absolute atomic E-state index is 0. The molecule has 1 aromatic heterocycles. The monoisotopic (exact) mass is 534 g/mol. The maximum atomic E-state index is 5.41. The lowest BCUT2D eigenvalue weighted by molar-refractivity contribution is 0.405. The first kappa shape index (κ1) is 25.0. The van der Waals surface area contributed by atoms with Crippen LogP contribution in [0.4, 0.5) is 0 Å². The van der Waals surface area contributed by atoms with Crippen molar-refractivity contribution in [1.82, 2.24) is 15.6 Å². The zero-order chi connectivity index (χ0) is 19.6. The number of aromatic nitrogens is 1. The van der Waals surface area contributed by atoms with E-state index in [2.05, 4.69) is 47.4 Å². The second kappa shape index (κ2) is 13.3. The number of nitrogens with one attached hydrogen (secondary N) is 2. The Morgan fingerprint density at radius 3 is 2.68 bits per heavy atom. The predicted molar refractivity (Wildman–Crippen MR) is 133 cm³/mol. The van der Waals surface area contributed by atoms with Crippen LogP contribution in [0.25, 0.3) is 0 Å². The van der Waals surface area contributed by atoms with Crippen molar-refractivity contribution >= 4 is 53.0 Å². The summed E-state index contributed by atoms with van der Waals surface area (Å²) in [6.45, 7) is 8.13. The highest BCUT2D eigenvalue weighted by Gasteiger charge is 2.08. The molecule has 1 heterocycles. The Morgan fingerprint density at radius 1 is 1.29 bits per heavy atom. The molecule has 2 N–H and O–H groups in total. The van der Waals surface area contributed by atoms with Gasteiger partial charge in [0.25, 0.3) is 0 Å². The lowest BCUT2D eigenvalue weighted by Gasteiger charge is -2.16. The van der Waals surface area contributed by atoms with Crippen LogP contribution in [0.3, 0.4) is 0 Å². The third-order valence-corrected chi connectivity index (χ3v) is 6.65.